The third-order valence-corrected chi connectivity index (χ3v) is 6.10. The molecule has 7 nitrogen and oxygen atoms in total. The van der Waals surface area contributed by atoms with Crippen LogP contribution in [-0.4, -0.2) is 32.7 Å². The van der Waals surface area contributed by atoms with Gasteiger partial charge in [0.25, 0.3) is 0 Å². The molecule has 0 unspecified atom stereocenters. The van der Waals surface area contributed by atoms with Gasteiger partial charge in [0.2, 0.25) is 15.9 Å². The van der Waals surface area contributed by atoms with Crippen molar-refractivity contribution in [1.82, 2.24) is 4.31 Å². The van der Waals surface area contributed by atoms with Gasteiger partial charge in [0, 0.05) is 25.9 Å². The van der Waals surface area contributed by atoms with Crippen molar-refractivity contribution >= 4 is 38.7 Å². The molecule has 29 heavy (non-hydrogen) atoms. The maximum atomic E-state index is 12.5. The van der Waals surface area contributed by atoms with Crippen LogP contribution in [0, 0.1) is 6.92 Å². The Morgan fingerprint density at radius 1 is 1.10 bits per heavy atom. The highest BCUT2D eigenvalue weighted by atomic mass is 32.2. The lowest BCUT2D eigenvalue weighted by Gasteiger charge is -2.11. The molecule has 1 heterocycles. The Balaban J connectivity index is 1.76. The number of carbonyl (C=O) groups excluding carboxylic acids is 1. The van der Waals surface area contributed by atoms with Crippen molar-refractivity contribution in [2.45, 2.75) is 11.8 Å². The van der Waals surface area contributed by atoms with Crippen molar-refractivity contribution in [3.05, 3.63) is 76.2 Å². The Kier molecular flexibility index (Phi) is 5.67. The molecule has 8 heteroatoms. The van der Waals surface area contributed by atoms with E-state index in [0.717, 1.165) is 9.87 Å². The second-order valence-electron chi connectivity index (χ2n) is 6.65. The average molecular weight is 412 g/mol. The summed E-state index contributed by atoms with van der Waals surface area (Å²) in [6.45, 7) is 1.88. The summed E-state index contributed by atoms with van der Waals surface area (Å²) in [6, 6.07) is 11.1. The second kappa shape index (κ2) is 8.02. The molecule has 0 aliphatic heterocycles. The van der Waals surface area contributed by atoms with Crippen molar-refractivity contribution in [2.75, 3.05) is 19.4 Å². The van der Waals surface area contributed by atoms with Gasteiger partial charge in [0.05, 0.1) is 15.8 Å². The zero-order valence-corrected chi connectivity index (χ0v) is 17.0. The molecular weight excluding hydrogens is 392 g/mol. The first-order chi connectivity index (χ1) is 13.7. The molecule has 0 fully saturated rings. The highest BCUT2D eigenvalue weighted by molar-refractivity contribution is 7.89. The van der Waals surface area contributed by atoms with E-state index < -0.39 is 15.9 Å². The molecule has 3 rings (SSSR count). The first kappa shape index (κ1) is 20.5. The van der Waals surface area contributed by atoms with Crippen molar-refractivity contribution < 1.29 is 17.6 Å². The number of hydrogen-bond donors (Lipinski definition) is 1. The lowest BCUT2D eigenvalue weighted by atomic mass is 10.1. The Labute approximate surface area is 168 Å². The molecule has 0 atom stereocenters. The predicted octanol–water partition coefficient (Wildman–Crippen LogP) is 3.00. The first-order valence-corrected chi connectivity index (χ1v) is 10.2. The van der Waals surface area contributed by atoms with Crippen LogP contribution in [0.3, 0.4) is 0 Å². The molecular formula is C21H20N2O5S. The summed E-state index contributed by atoms with van der Waals surface area (Å²) >= 11 is 0. The van der Waals surface area contributed by atoms with Gasteiger partial charge >= 0.3 is 0 Å². The average Bonchev–Trinajstić information content (AvgIpc) is 2.68. The number of amides is 1. The molecule has 0 bridgehead atoms. The second-order valence-corrected chi connectivity index (χ2v) is 8.81. The van der Waals surface area contributed by atoms with Crippen LogP contribution >= 0.6 is 0 Å². The third kappa shape index (κ3) is 4.44. The molecule has 0 aliphatic carbocycles. The quantitative estimate of drug-likeness (QED) is 0.650. The van der Waals surface area contributed by atoms with Crippen LogP contribution < -0.4 is 10.7 Å². The summed E-state index contributed by atoms with van der Waals surface area (Å²) in [6.07, 6.45) is 3.91. The SMILES string of the molecule is Cc1ccc2occ(/C=C/C(=O)Nc3ccc(S(=O)(=O)N(C)C)cc3)c(=O)c2c1. The van der Waals surface area contributed by atoms with Gasteiger partial charge < -0.3 is 9.73 Å². The Morgan fingerprint density at radius 3 is 2.45 bits per heavy atom. The minimum atomic E-state index is -3.53. The summed E-state index contributed by atoms with van der Waals surface area (Å²) in [5.41, 5.74) is 1.87. The molecule has 150 valence electrons. The number of nitrogens with one attached hydrogen (secondary N) is 1. The van der Waals surface area contributed by atoms with E-state index >= 15 is 0 Å². The largest absolute Gasteiger partial charge is 0.463 e. The molecule has 1 amide bonds. The molecule has 3 aromatic rings. The predicted molar refractivity (Wildman–Crippen MR) is 112 cm³/mol. The van der Waals surface area contributed by atoms with E-state index in [1.54, 1.807) is 12.1 Å². The fraction of sp³-hybridized carbons (Fsp3) is 0.143. The number of nitrogens with zero attached hydrogens (tertiary/aromatic N) is 1. The first-order valence-electron chi connectivity index (χ1n) is 8.72. The number of sulfonamides is 1. The van der Waals surface area contributed by atoms with Gasteiger partial charge in [-0.15, -0.1) is 0 Å². The van der Waals surface area contributed by atoms with Crippen LogP contribution in [0.1, 0.15) is 11.1 Å². The van der Waals surface area contributed by atoms with Gasteiger partial charge in [-0.2, -0.15) is 0 Å². The summed E-state index contributed by atoms with van der Waals surface area (Å²) in [4.78, 5) is 24.8. The lowest BCUT2D eigenvalue weighted by molar-refractivity contribution is -0.111. The minimum Gasteiger partial charge on any atom is -0.463 e. The zero-order chi connectivity index (χ0) is 21.2. The fourth-order valence-corrected chi connectivity index (χ4v) is 3.55. The normalized spacial score (nSPS) is 12.0. The van der Waals surface area contributed by atoms with Gasteiger partial charge in [-0.25, -0.2) is 12.7 Å². The summed E-state index contributed by atoms with van der Waals surface area (Å²) < 4.78 is 30.7. The lowest BCUT2D eigenvalue weighted by Crippen LogP contribution is -2.22. The molecule has 1 aromatic heterocycles. The molecule has 0 radical (unpaired) electrons. The van der Waals surface area contributed by atoms with Crippen LogP contribution in [0.2, 0.25) is 0 Å². The number of anilines is 1. The van der Waals surface area contributed by atoms with Crippen molar-refractivity contribution in [3.63, 3.8) is 0 Å². The zero-order valence-electron chi connectivity index (χ0n) is 16.2. The highest BCUT2D eigenvalue weighted by Gasteiger charge is 2.16. The highest BCUT2D eigenvalue weighted by Crippen LogP contribution is 2.17. The Morgan fingerprint density at radius 2 is 1.79 bits per heavy atom. The number of aryl methyl sites for hydroxylation is 1. The van der Waals surface area contributed by atoms with Gasteiger partial charge in [-0.3, -0.25) is 9.59 Å². The maximum absolute atomic E-state index is 12.5. The van der Waals surface area contributed by atoms with Crippen molar-refractivity contribution in [3.8, 4) is 0 Å². The standard InChI is InChI=1S/C21H20N2O5S/c1-14-4-10-19-18(12-14)21(25)15(13-28-19)5-11-20(24)22-16-6-8-17(9-7-16)29(26,27)23(2)3/h4-13H,1-3H3,(H,22,24)/b11-5+. The molecule has 2 aromatic carbocycles. The fourth-order valence-electron chi connectivity index (χ4n) is 2.65. The van der Waals surface area contributed by atoms with E-state index in [4.69, 9.17) is 4.42 Å². The van der Waals surface area contributed by atoms with Crippen LogP contribution in [0.25, 0.3) is 17.0 Å². The molecule has 0 saturated heterocycles. The summed E-state index contributed by atoms with van der Waals surface area (Å²) in [5, 5.41) is 3.07. The Hall–Kier alpha value is -3.23. The minimum absolute atomic E-state index is 0.125. The monoisotopic (exact) mass is 412 g/mol. The maximum Gasteiger partial charge on any atom is 0.248 e. The molecule has 1 N–H and O–H groups in total. The van der Waals surface area contributed by atoms with E-state index in [1.165, 1.54) is 56.8 Å². The number of fused-ring (bicyclic) bond motifs is 1. The van der Waals surface area contributed by atoms with E-state index in [0.29, 0.717) is 16.7 Å². The number of rotatable bonds is 5. The van der Waals surface area contributed by atoms with Crippen LogP contribution in [0.5, 0.6) is 0 Å². The van der Waals surface area contributed by atoms with Gasteiger partial charge in [-0.05, 0) is 49.4 Å². The molecule has 0 spiro atoms. The van der Waals surface area contributed by atoms with E-state index in [-0.39, 0.29) is 15.9 Å². The number of carbonyl (C=O) groups is 1. The summed E-state index contributed by atoms with van der Waals surface area (Å²) in [5.74, 6) is -0.461. The van der Waals surface area contributed by atoms with Crippen LogP contribution in [-0.2, 0) is 14.8 Å². The third-order valence-electron chi connectivity index (χ3n) is 4.27. The van der Waals surface area contributed by atoms with E-state index in [9.17, 15) is 18.0 Å². The number of hydrogen-bond acceptors (Lipinski definition) is 5. The molecule has 0 aliphatic rings. The molecule has 0 saturated carbocycles. The van der Waals surface area contributed by atoms with Gasteiger partial charge in [0.15, 0.2) is 5.43 Å². The van der Waals surface area contributed by atoms with Crippen LogP contribution in [0.4, 0.5) is 5.69 Å². The van der Waals surface area contributed by atoms with E-state index in [2.05, 4.69) is 5.32 Å². The van der Waals surface area contributed by atoms with Gasteiger partial charge in [0.1, 0.15) is 11.8 Å². The van der Waals surface area contributed by atoms with Crippen LogP contribution in [0.15, 0.2) is 68.9 Å². The van der Waals surface area contributed by atoms with Crippen molar-refractivity contribution in [1.29, 1.82) is 0 Å². The number of benzene rings is 2. The summed E-state index contributed by atoms with van der Waals surface area (Å²) in [7, 11) is -0.643. The topological polar surface area (TPSA) is 96.7 Å². The Bertz CT molecular complexity index is 1260. The van der Waals surface area contributed by atoms with E-state index in [1.807, 2.05) is 13.0 Å². The smallest absolute Gasteiger partial charge is 0.248 e. The van der Waals surface area contributed by atoms with Gasteiger partial charge in [-0.1, -0.05) is 11.6 Å². The van der Waals surface area contributed by atoms with Crippen molar-refractivity contribution in [2.24, 2.45) is 0 Å².